The molecule has 0 spiro atoms. The van der Waals surface area contributed by atoms with Crippen LogP contribution in [0, 0.1) is 0 Å². The van der Waals surface area contributed by atoms with E-state index in [1.165, 1.54) is 51.0 Å². The van der Waals surface area contributed by atoms with Crippen LogP contribution in [0.4, 0.5) is 5.69 Å². The molecular weight excluding hydrogens is 334 g/mol. The lowest BCUT2D eigenvalue weighted by Crippen LogP contribution is -2.02. The smallest absolute Gasteiger partial charge is 0.328 e. The minimum absolute atomic E-state index is 0.882. The first-order chi connectivity index (χ1) is 13.2. The molecule has 148 valence electrons. The highest BCUT2D eigenvalue weighted by atomic mass is 16.4. The first-order valence-electron chi connectivity index (χ1n) is 10.2. The van der Waals surface area contributed by atoms with Crippen molar-refractivity contribution in [3.05, 3.63) is 60.7 Å². The van der Waals surface area contributed by atoms with E-state index in [0.29, 0.717) is 0 Å². The van der Waals surface area contributed by atoms with Crippen molar-refractivity contribution >= 4 is 17.7 Å². The first-order valence-corrected chi connectivity index (χ1v) is 10.2. The Bertz CT molecular complexity index is 590. The fourth-order valence-electron chi connectivity index (χ4n) is 2.90. The van der Waals surface area contributed by atoms with Crippen LogP contribution in [-0.2, 0) is 4.79 Å². The topological polar surface area (TPSA) is 49.3 Å². The number of aliphatic carboxylic acids is 1. The Morgan fingerprint density at radius 3 is 2.26 bits per heavy atom. The van der Waals surface area contributed by atoms with Gasteiger partial charge in [-0.25, -0.2) is 4.79 Å². The van der Waals surface area contributed by atoms with Gasteiger partial charge in [0.25, 0.3) is 0 Å². The van der Waals surface area contributed by atoms with Gasteiger partial charge in [-0.2, -0.15) is 0 Å². The molecule has 0 unspecified atom stereocenters. The van der Waals surface area contributed by atoms with Gasteiger partial charge in [0.05, 0.1) is 0 Å². The molecule has 1 rings (SSSR count). The normalized spacial score (nSPS) is 11.3. The summed E-state index contributed by atoms with van der Waals surface area (Å²) in [5.41, 5.74) is 1.88. The lowest BCUT2D eigenvalue weighted by Gasteiger charge is -2.08. The molecule has 0 saturated heterocycles. The Morgan fingerprint density at radius 2 is 1.56 bits per heavy atom. The van der Waals surface area contributed by atoms with E-state index in [2.05, 4.69) is 24.0 Å². The maximum atomic E-state index is 10.7. The second-order valence-electron chi connectivity index (χ2n) is 6.79. The van der Waals surface area contributed by atoms with Gasteiger partial charge in [-0.05, 0) is 56.2 Å². The fourth-order valence-corrected chi connectivity index (χ4v) is 2.90. The molecule has 0 aliphatic heterocycles. The molecule has 27 heavy (non-hydrogen) atoms. The molecule has 0 heterocycles. The molecule has 0 saturated carbocycles. The number of benzene rings is 1. The summed E-state index contributed by atoms with van der Waals surface area (Å²) in [4.78, 5) is 10.7. The third-order valence-corrected chi connectivity index (χ3v) is 4.42. The molecule has 3 heteroatoms. The summed E-state index contributed by atoms with van der Waals surface area (Å²) >= 11 is 0. The van der Waals surface area contributed by atoms with Crippen molar-refractivity contribution < 1.29 is 9.90 Å². The van der Waals surface area contributed by atoms with E-state index in [4.69, 9.17) is 5.11 Å². The van der Waals surface area contributed by atoms with E-state index in [1.807, 2.05) is 30.3 Å². The highest BCUT2D eigenvalue weighted by molar-refractivity contribution is 5.86. The SMILES string of the molecule is C=CCCCCCCCCC=CCCCNc1ccccc1C=CC(=O)O. The van der Waals surface area contributed by atoms with Crippen LogP contribution in [0.15, 0.2) is 55.1 Å². The maximum absolute atomic E-state index is 10.7. The van der Waals surface area contributed by atoms with Gasteiger partial charge >= 0.3 is 5.97 Å². The van der Waals surface area contributed by atoms with Crippen LogP contribution in [-0.4, -0.2) is 17.6 Å². The number of nitrogens with one attached hydrogen (secondary N) is 1. The summed E-state index contributed by atoms with van der Waals surface area (Å²) in [6, 6.07) is 7.77. The van der Waals surface area contributed by atoms with E-state index in [9.17, 15) is 4.79 Å². The number of allylic oxidation sites excluding steroid dienone is 3. The molecule has 0 aliphatic rings. The third kappa shape index (κ3) is 12.7. The van der Waals surface area contributed by atoms with Gasteiger partial charge in [-0.3, -0.25) is 0 Å². The van der Waals surface area contributed by atoms with Crippen molar-refractivity contribution in [3.63, 3.8) is 0 Å². The van der Waals surface area contributed by atoms with Crippen LogP contribution in [0.5, 0.6) is 0 Å². The highest BCUT2D eigenvalue weighted by Gasteiger charge is 1.98. The third-order valence-electron chi connectivity index (χ3n) is 4.42. The predicted molar refractivity (Wildman–Crippen MR) is 117 cm³/mol. The van der Waals surface area contributed by atoms with Crippen LogP contribution in [0.3, 0.4) is 0 Å². The molecule has 0 fully saturated rings. The van der Waals surface area contributed by atoms with Crippen molar-refractivity contribution in [1.29, 1.82) is 0 Å². The van der Waals surface area contributed by atoms with Gasteiger partial charge in [0, 0.05) is 18.3 Å². The summed E-state index contributed by atoms with van der Waals surface area (Å²) in [6.07, 6.45) is 21.8. The van der Waals surface area contributed by atoms with E-state index >= 15 is 0 Å². The summed E-state index contributed by atoms with van der Waals surface area (Å²) in [7, 11) is 0. The van der Waals surface area contributed by atoms with Crippen molar-refractivity contribution in [3.8, 4) is 0 Å². The average Bonchev–Trinajstić information content (AvgIpc) is 2.67. The van der Waals surface area contributed by atoms with Gasteiger partial charge in [0.15, 0.2) is 0 Å². The number of unbranched alkanes of at least 4 members (excludes halogenated alkanes) is 8. The molecule has 2 N–H and O–H groups in total. The van der Waals surface area contributed by atoms with Crippen molar-refractivity contribution in [2.24, 2.45) is 0 Å². The Balaban J connectivity index is 2.06. The quantitative estimate of drug-likeness (QED) is 0.190. The predicted octanol–water partition coefficient (Wildman–Crippen LogP) is 6.84. The Kier molecular flexibility index (Phi) is 13.4. The molecule has 0 aliphatic carbocycles. The zero-order valence-electron chi connectivity index (χ0n) is 16.5. The van der Waals surface area contributed by atoms with Gasteiger partial charge in [-0.15, -0.1) is 6.58 Å². The summed E-state index contributed by atoms with van der Waals surface area (Å²) in [6.45, 7) is 4.64. The molecule has 0 bridgehead atoms. The van der Waals surface area contributed by atoms with Crippen LogP contribution in [0.1, 0.15) is 69.8 Å². The molecular formula is C24H35NO2. The van der Waals surface area contributed by atoms with Crippen LogP contribution < -0.4 is 5.32 Å². The number of hydrogen-bond donors (Lipinski definition) is 2. The summed E-state index contributed by atoms with van der Waals surface area (Å²) in [5, 5.41) is 12.1. The van der Waals surface area contributed by atoms with Crippen LogP contribution in [0.25, 0.3) is 6.08 Å². The largest absolute Gasteiger partial charge is 0.478 e. The molecule has 3 nitrogen and oxygen atoms in total. The highest BCUT2D eigenvalue weighted by Crippen LogP contribution is 2.16. The lowest BCUT2D eigenvalue weighted by molar-refractivity contribution is -0.131. The number of rotatable bonds is 16. The van der Waals surface area contributed by atoms with E-state index in [0.717, 1.165) is 37.1 Å². The number of carboxylic acids is 1. The number of anilines is 1. The van der Waals surface area contributed by atoms with E-state index in [-0.39, 0.29) is 0 Å². The van der Waals surface area contributed by atoms with Crippen LogP contribution in [0.2, 0.25) is 0 Å². The molecule has 0 radical (unpaired) electrons. The minimum Gasteiger partial charge on any atom is -0.478 e. The standard InChI is InChI=1S/C24H35NO2/c1-2-3-4-5-6-7-8-9-10-11-12-13-16-21-25-23-18-15-14-17-22(23)19-20-24(26)27/h2,11-12,14-15,17-20,25H,1,3-10,13,16,21H2,(H,26,27). The zero-order chi connectivity index (χ0) is 19.6. The molecule has 0 atom stereocenters. The van der Waals surface area contributed by atoms with Crippen molar-refractivity contribution in [2.45, 2.75) is 64.2 Å². The Hall–Kier alpha value is -2.29. The summed E-state index contributed by atoms with van der Waals surface area (Å²) in [5.74, 6) is -0.928. The average molecular weight is 370 g/mol. The molecule has 0 aromatic heterocycles. The van der Waals surface area contributed by atoms with Gasteiger partial charge in [0.2, 0.25) is 0 Å². The Morgan fingerprint density at radius 1 is 0.926 bits per heavy atom. The van der Waals surface area contributed by atoms with Crippen molar-refractivity contribution in [2.75, 3.05) is 11.9 Å². The number of hydrogen-bond acceptors (Lipinski definition) is 2. The fraction of sp³-hybridized carbons (Fsp3) is 0.458. The second-order valence-corrected chi connectivity index (χ2v) is 6.79. The van der Waals surface area contributed by atoms with Gasteiger partial charge < -0.3 is 10.4 Å². The van der Waals surface area contributed by atoms with Crippen molar-refractivity contribution in [1.82, 2.24) is 0 Å². The van der Waals surface area contributed by atoms with Gasteiger partial charge in [0.1, 0.15) is 0 Å². The first kappa shape index (κ1) is 22.8. The monoisotopic (exact) mass is 369 g/mol. The minimum atomic E-state index is -0.928. The van der Waals surface area contributed by atoms with Crippen LogP contribution >= 0.6 is 0 Å². The molecule has 1 aromatic rings. The molecule has 1 aromatic carbocycles. The summed E-state index contributed by atoms with van der Waals surface area (Å²) < 4.78 is 0. The zero-order valence-corrected chi connectivity index (χ0v) is 16.5. The Labute approximate surface area is 164 Å². The molecule has 0 amide bonds. The number of carbonyl (C=O) groups is 1. The lowest BCUT2D eigenvalue weighted by atomic mass is 10.1. The maximum Gasteiger partial charge on any atom is 0.328 e. The number of carboxylic acid groups (broad SMARTS) is 1. The second kappa shape index (κ2) is 15.9. The van der Waals surface area contributed by atoms with E-state index in [1.54, 1.807) is 6.08 Å². The van der Waals surface area contributed by atoms with E-state index < -0.39 is 5.97 Å². The van der Waals surface area contributed by atoms with Gasteiger partial charge in [-0.1, -0.05) is 62.1 Å². The number of para-hydroxylation sites is 1.